The number of aliphatic hydroxyl groups is 1. The molecule has 3 unspecified atom stereocenters. The van der Waals surface area contributed by atoms with Crippen molar-refractivity contribution in [3.8, 4) is 6.07 Å². The van der Waals surface area contributed by atoms with Crippen molar-refractivity contribution in [2.45, 2.75) is 332 Å². The number of nitrogens with one attached hydrogen (secondary N) is 1. The van der Waals surface area contributed by atoms with E-state index in [4.69, 9.17) is 41.0 Å². The number of ether oxygens (including phenoxy) is 2. The molecule has 0 aromatic heterocycles. The monoisotopic (exact) mass is 1270 g/mol. The molecule has 3 atom stereocenters. The Morgan fingerprint density at radius 1 is 0.635 bits per heavy atom. The molecule has 17 heteroatoms. The molecule has 0 aliphatic heterocycles. The van der Waals surface area contributed by atoms with Crippen LogP contribution >= 0.6 is 31.8 Å². The molecule has 0 spiro atoms. The normalized spacial score (nSPS) is 13.3. The molecule has 0 bridgehead atoms. The second-order valence-electron chi connectivity index (χ2n) is 24.7. The number of aliphatic carboxylic acids is 1. The summed E-state index contributed by atoms with van der Waals surface area (Å²) in [4.78, 5) is 57.3. The molecule has 0 rings (SSSR count). The van der Waals surface area contributed by atoms with Gasteiger partial charge < -0.3 is 34.7 Å². The van der Waals surface area contributed by atoms with E-state index in [0.29, 0.717) is 19.3 Å². The van der Waals surface area contributed by atoms with Crippen LogP contribution in [-0.4, -0.2) is 95.4 Å². The molecule has 0 radical (unpaired) electrons. The first-order chi connectivity index (χ1) is 40.3. The minimum atomic E-state index is -4.35. The first-order valence-electron chi connectivity index (χ1n) is 33.6. The third kappa shape index (κ3) is 59.4. The molecule has 0 aromatic carbocycles. The number of thioether (sulfide) groups is 1. The van der Waals surface area contributed by atoms with Gasteiger partial charge in [-0.3, -0.25) is 23.4 Å². The van der Waals surface area contributed by atoms with Crippen molar-refractivity contribution in [1.29, 1.82) is 5.26 Å². The summed E-state index contributed by atoms with van der Waals surface area (Å²) in [5, 5.41) is 28.4. The third-order valence-corrected chi connectivity index (χ3v) is 18.3. The first-order valence-corrected chi connectivity index (χ1v) is 36.3. The van der Waals surface area contributed by atoms with Crippen molar-refractivity contribution in [2.75, 3.05) is 47.2 Å². The molecule has 0 saturated carbocycles. The van der Waals surface area contributed by atoms with Crippen LogP contribution in [0, 0.1) is 33.5 Å². The Bertz CT molecular complexity index is 1660. The summed E-state index contributed by atoms with van der Waals surface area (Å²) in [5.41, 5.74) is -2.33. The van der Waals surface area contributed by atoms with Crippen LogP contribution in [0.25, 0.3) is 0 Å². The van der Waals surface area contributed by atoms with Gasteiger partial charge >= 0.3 is 19.8 Å². The van der Waals surface area contributed by atoms with Crippen LogP contribution in [0.15, 0.2) is 0 Å². The molecule has 1 amide bonds. The number of carbonyl (C=O) groups excluding carboxylic acids is 3. The van der Waals surface area contributed by atoms with Gasteiger partial charge in [-0.2, -0.15) is 5.26 Å². The molecular formula is C68H135N2O12PS2. The molecule has 0 saturated heterocycles. The summed E-state index contributed by atoms with van der Waals surface area (Å²) in [6, 6.07) is 2.40. The number of phosphoric ester groups is 1. The Kier molecular flexibility index (Phi) is 67.2. The second-order valence-corrected chi connectivity index (χ2v) is 28.8. The number of carbonyl (C=O) groups is 4. The number of unbranched alkanes of at least 4 members (excludes halogenated alkanes) is 28. The Hall–Kier alpha value is -1.96. The van der Waals surface area contributed by atoms with Gasteiger partial charge in [0.2, 0.25) is 5.91 Å². The van der Waals surface area contributed by atoms with Crippen LogP contribution in [0.4, 0.5) is 0 Å². The number of methoxy groups -OCH3 is 1. The van der Waals surface area contributed by atoms with E-state index in [9.17, 15) is 33.9 Å². The number of rotatable bonds is 53. The van der Waals surface area contributed by atoms with Crippen molar-refractivity contribution >= 4 is 60.1 Å². The Morgan fingerprint density at radius 2 is 1.02 bits per heavy atom. The van der Waals surface area contributed by atoms with Gasteiger partial charge in [0.1, 0.15) is 6.29 Å². The van der Waals surface area contributed by atoms with Crippen LogP contribution in [0.2, 0.25) is 0 Å². The fourth-order valence-electron chi connectivity index (χ4n) is 9.51. The highest BCUT2D eigenvalue weighted by Crippen LogP contribution is 2.54. The van der Waals surface area contributed by atoms with Crippen molar-refractivity contribution < 1.29 is 57.4 Å². The molecule has 4 N–H and O–H groups in total. The van der Waals surface area contributed by atoms with Crippen molar-refractivity contribution in [2.24, 2.45) is 22.2 Å². The highest BCUT2D eigenvalue weighted by atomic mass is 32.2. The fraction of sp³-hybridized carbons (Fsp3) is 0.912. The Balaban J connectivity index is -0.000000561. The van der Waals surface area contributed by atoms with E-state index >= 15 is 0 Å². The number of carboxylic acid groups (broad SMARTS) is 1. The number of hydrogen-bond donors (Lipinski definition) is 4. The van der Waals surface area contributed by atoms with E-state index in [1.54, 1.807) is 14.0 Å². The van der Waals surface area contributed by atoms with E-state index in [2.05, 4.69) is 39.1 Å². The number of aliphatic hydroxyl groups excluding tert-OH is 1. The van der Waals surface area contributed by atoms with Crippen molar-refractivity contribution in [3.63, 3.8) is 0 Å². The number of nitriles is 1. The van der Waals surface area contributed by atoms with Gasteiger partial charge in [-0.05, 0) is 71.1 Å². The van der Waals surface area contributed by atoms with Crippen molar-refractivity contribution in [3.05, 3.63) is 0 Å². The second kappa shape index (κ2) is 62.2. The van der Waals surface area contributed by atoms with Crippen LogP contribution in [0.3, 0.4) is 0 Å². The number of nitrogens with zero attached hydrogens (tertiary/aromatic N) is 1. The fourth-order valence-corrected chi connectivity index (χ4v) is 12.0. The van der Waals surface area contributed by atoms with Crippen molar-refractivity contribution in [1.82, 2.24) is 5.32 Å². The van der Waals surface area contributed by atoms with E-state index in [-0.39, 0.29) is 57.5 Å². The summed E-state index contributed by atoms with van der Waals surface area (Å²) in [6.07, 6.45) is 42.6. The first kappa shape index (κ1) is 91.8. The van der Waals surface area contributed by atoms with Gasteiger partial charge in [-0.15, -0.1) is 11.8 Å². The zero-order chi connectivity index (χ0) is 65.7. The Labute approximate surface area is 533 Å². The van der Waals surface area contributed by atoms with Gasteiger partial charge in [-0.25, -0.2) is 4.57 Å². The minimum absolute atomic E-state index is 0.0259. The van der Waals surface area contributed by atoms with Crippen LogP contribution < -0.4 is 5.32 Å². The highest BCUT2D eigenvalue weighted by Gasteiger charge is 2.51. The number of carboxylic acids is 1. The zero-order valence-corrected chi connectivity index (χ0v) is 60.1. The number of hydrogen-bond acceptors (Lipinski definition) is 13. The standard InChI is InChI=1S/C41H75N2O8PS2.C18H36O2.C6H14O.C2H6.CH4O/c1-9-10-11-12-13-14-15-16-17-18-19-20-21-22-23-25-37(46)49-29-24-30-50-52(47,48)51-31-28-43-36(45)26-27-40(7,33-42)38(3,4)32-41(8,34-44)39(5,6)54-35(2)53;1-2-3-4-5-6-7-8-9-10-11-12-13-14-15-16-17-18(19)20;1-6(2)4-5-7-3;2*1-2/h34H,9-32H2,1-8H3,(H,43,45)(H,47,48);2-17H2,1H3,(H,19,20);6H,4-5H2,1-3H3;1-2H3;2H,1H3. The number of phosphoric acid groups is 1. The van der Waals surface area contributed by atoms with Gasteiger partial charge in [0.25, 0.3) is 0 Å². The predicted octanol–water partition coefficient (Wildman–Crippen LogP) is 19.9. The quantitative estimate of drug-likeness (QED) is 0.0146. The third-order valence-electron chi connectivity index (χ3n) is 15.8. The molecule has 0 heterocycles. The zero-order valence-electron chi connectivity index (χ0n) is 57.6. The number of thiocarbonyl (C=S) groups is 1. The predicted molar refractivity (Wildman–Crippen MR) is 363 cm³/mol. The maximum atomic E-state index is 12.6. The van der Waals surface area contributed by atoms with Gasteiger partial charge in [0, 0.05) is 67.4 Å². The molecule has 0 aliphatic rings. The molecule has 0 aromatic rings. The Morgan fingerprint density at radius 3 is 1.36 bits per heavy atom. The maximum absolute atomic E-state index is 12.6. The SMILES string of the molecule is CC.CCCCCCCCCCCCCCCCCC(=O)O.CCCCCCCCCCCCCCCCCC(=O)OCCCOP(=O)(O)OCCNC(=O)CCC(C)(C#N)C(C)(C)CC(C)(C=O)C(C)(C)SC(C)=S.CO.COCCC(C)C. The van der Waals surface area contributed by atoms with Crippen LogP contribution in [0.5, 0.6) is 0 Å². The molecule has 14 nitrogen and oxygen atoms in total. The lowest BCUT2D eigenvalue weighted by atomic mass is 9.57. The average molecular weight is 1270 g/mol. The largest absolute Gasteiger partial charge is 0.481 e. The lowest BCUT2D eigenvalue weighted by molar-refractivity contribution is -0.144. The summed E-state index contributed by atoms with van der Waals surface area (Å²) in [5.74, 6) is -0.483. The summed E-state index contributed by atoms with van der Waals surface area (Å²) < 4.78 is 32.4. The van der Waals surface area contributed by atoms with E-state index in [0.717, 1.165) is 62.2 Å². The maximum Gasteiger partial charge on any atom is 0.472 e. The van der Waals surface area contributed by atoms with Gasteiger partial charge in [-0.1, -0.05) is 254 Å². The number of amides is 1. The number of esters is 1. The van der Waals surface area contributed by atoms with Gasteiger partial charge in [0.05, 0.1) is 31.3 Å². The molecule has 85 heavy (non-hydrogen) atoms. The van der Waals surface area contributed by atoms with Crippen LogP contribution in [-0.2, 0) is 42.3 Å². The molecule has 0 aliphatic carbocycles. The molecule has 0 fully saturated rings. The topological polar surface area (TPSA) is 219 Å². The molecular weight excluding hydrogens is 1130 g/mol. The summed E-state index contributed by atoms with van der Waals surface area (Å²) in [6.45, 7) is 26.9. The summed E-state index contributed by atoms with van der Waals surface area (Å²) in [7, 11) is -1.61. The van der Waals surface area contributed by atoms with E-state index in [1.807, 2.05) is 55.4 Å². The summed E-state index contributed by atoms with van der Waals surface area (Å²) >= 11 is 6.77. The smallest absolute Gasteiger partial charge is 0.472 e. The number of aldehydes is 1. The molecule has 506 valence electrons. The van der Waals surface area contributed by atoms with Crippen LogP contribution in [0.1, 0.15) is 328 Å². The lowest BCUT2D eigenvalue weighted by Crippen LogP contribution is -2.47. The minimum Gasteiger partial charge on any atom is -0.481 e. The van der Waals surface area contributed by atoms with E-state index in [1.165, 1.54) is 179 Å². The lowest BCUT2D eigenvalue weighted by Gasteiger charge is -2.48. The highest BCUT2D eigenvalue weighted by molar-refractivity contribution is 8.23. The average Bonchev–Trinajstić information content (AvgIpc) is 2.17. The van der Waals surface area contributed by atoms with Gasteiger partial charge in [0.15, 0.2) is 0 Å². The van der Waals surface area contributed by atoms with E-state index < -0.39 is 34.8 Å².